The number of piperidine rings is 1. The van der Waals surface area contributed by atoms with Crippen molar-refractivity contribution in [1.29, 1.82) is 0 Å². The number of guanidine groups is 1. The van der Waals surface area contributed by atoms with Gasteiger partial charge >= 0.3 is 0 Å². The average molecular weight is 523 g/mol. The number of hydrogen-bond donors (Lipinski definition) is 1. The monoisotopic (exact) mass is 522 g/mol. The number of carbonyl (C=O) groups excluding carboxylic acids is 2. The van der Waals surface area contributed by atoms with Crippen LogP contribution >= 0.6 is 39.9 Å². The standard InChI is InChI=1S/C17H23BrN4O2.HI/c1-19-17(21(2)12-13-6-3-4-7-14(13)18)20-10-11-22-15(23)8-5-9-16(22)24;/h3-4,6-7H,5,8-12H2,1-2H3,(H,19,20);1H. The minimum atomic E-state index is -0.0791. The molecule has 2 amide bonds. The van der Waals surface area contributed by atoms with Crippen molar-refractivity contribution in [2.75, 3.05) is 27.2 Å². The van der Waals surface area contributed by atoms with Crippen molar-refractivity contribution in [3.8, 4) is 0 Å². The molecule has 0 bridgehead atoms. The molecule has 25 heavy (non-hydrogen) atoms. The van der Waals surface area contributed by atoms with Crippen LogP contribution in [-0.2, 0) is 16.1 Å². The summed E-state index contributed by atoms with van der Waals surface area (Å²) < 4.78 is 1.05. The van der Waals surface area contributed by atoms with Gasteiger partial charge in [0, 0.05) is 51.0 Å². The molecule has 0 unspecified atom stereocenters. The third-order valence-electron chi connectivity index (χ3n) is 3.94. The van der Waals surface area contributed by atoms with E-state index in [9.17, 15) is 9.59 Å². The second kappa shape index (κ2) is 10.7. The first kappa shape index (κ1) is 21.9. The van der Waals surface area contributed by atoms with Gasteiger partial charge in [-0.25, -0.2) is 0 Å². The molecule has 1 N–H and O–H groups in total. The van der Waals surface area contributed by atoms with Gasteiger partial charge in [0.05, 0.1) is 0 Å². The molecule has 138 valence electrons. The predicted molar refractivity (Wildman–Crippen MR) is 113 cm³/mol. The number of hydrogen-bond acceptors (Lipinski definition) is 3. The number of aliphatic imine (C=N–C) groups is 1. The van der Waals surface area contributed by atoms with E-state index in [2.05, 4.69) is 32.3 Å². The highest BCUT2D eigenvalue weighted by molar-refractivity contribution is 14.0. The van der Waals surface area contributed by atoms with Crippen molar-refractivity contribution >= 4 is 57.7 Å². The van der Waals surface area contributed by atoms with Gasteiger partial charge in [0.15, 0.2) is 5.96 Å². The number of amides is 2. The molecule has 0 radical (unpaired) electrons. The first-order chi connectivity index (χ1) is 11.5. The van der Waals surface area contributed by atoms with E-state index in [-0.39, 0.29) is 35.8 Å². The number of nitrogens with zero attached hydrogens (tertiary/aromatic N) is 3. The largest absolute Gasteiger partial charge is 0.354 e. The summed E-state index contributed by atoms with van der Waals surface area (Å²) in [5, 5.41) is 3.21. The summed E-state index contributed by atoms with van der Waals surface area (Å²) in [5.41, 5.74) is 1.16. The first-order valence-corrected chi connectivity index (χ1v) is 8.80. The van der Waals surface area contributed by atoms with Gasteiger partial charge in [-0.05, 0) is 18.1 Å². The van der Waals surface area contributed by atoms with E-state index >= 15 is 0 Å². The maximum absolute atomic E-state index is 11.8. The Labute approximate surface area is 174 Å². The van der Waals surface area contributed by atoms with Gasteiger partial charge in [-0.2, -0.15) is 0 Å². The predicted octanol–water partition coefficient (Wildman–Crippen LogP) is 2.61. The SMILES string of the molecule is CN=C(NCCN1C(=O)CCCC1=O)N(C)Cc1ccccc1Br.I. The zero-order valence-corrected chi connectivity index (χ0v) is 18.4. The van der Waals surface area contributed by atoms with E-state index in [0.717, 1.165) is 16.0 Å². The van der Waals surface area contributed by atoms with Gasteiger partial charge in [-0.3, -0.25) is 19.5 Å². The summed E-state index contributed by atoms with van der Waals surface area (Å²) in [6, 6.07) is 8.04. The summed E-state index contributed by atoms with van der Waals surface area (Å²) >= 11 is 3.55. The lowest BCUT2D eigenvalue weighted by atomic mass is 10.1. The highest BCUT2D eigenvalue weighted by Crippen LogP contribution is 2.17. The molecule has 1 aliphatic rings. The second-order valence-corrected chi connectivity index (χ2v) is 6.57. The molecule has 0 aromatic heterocycles. The Kier molecular flexibility index (Phi) is 9.41. The van der Waals surface area contributed by atoms with Crippen molar-refractivity contribution in [1.82, 2.24) is 15.1 Å². The van der Waals surface area contributed by atoms with Gasteiger partial charge < -0.3 is 10.2 Å². The van der Waals surface area contributed by atoms with Crippen LogP contribution in [0.1, 0.15) is 24.8 Å². The topological polar surface area (TPSA) is 65.0 Å². The van der Waals surface area contributed by atoms with Crippen LogP contribution in [0.4, 0.5) is 0 Å². The highest BCUT2D eigenvalue weighted by atomic mass is 127. The van der Waals surface area contributed by atoms with Crippen molar-refractivity contribution in [3.05, 3.63) is 34.3 Å². The molecule has 1 fully saturated rings. The van der Waals surface area contributed by atoms with E-state index < -0.39 is 0 Å². The molecule has 8 heteroatoms. The molecule has 1 aromatic rings. The molecule has 0 saturated carbocycles. The van der Waals surface area contributed by atoms with E-state index in [4.69, 9.17) is 0 Å². The van der Waals surface area contributed by atoms with Crippen molar-refractivity contribution in [3.63, 3.8) is 0 Å². The lowest BCUT2D eigenvalue weighted by Crippen LogP contribution is -2.46. The fourth-order valence-corrected chi connectivity index (χ4v) is 3.08. The van der Waals surface area contributed by atoms with Crippen LogP contribution in [0.15, 0.2) is 33.7 Å². The molecule has 1 aliphatic heterocycles. The van der Waals surface area contributed by atoms with Crippen LogP contribution in [0.25, 0.3) is 0 Å². The summed E-state index contributed by atoms with van der Waals surface area (Å²) in [5.74, 6) is 0.567. The minimum absolute atomic E-state index is 0. The van der Waals surface area contributed by atoms with E-state index in [1.807, 2.05) is 30.1 Å². The number of likely N-dealkylation sites (tertiary alicyclic amines) is 1. The Morgan fingerprint density at radius 3 is 2.52 bits per heavy atom. The molecular formula is C17H24BrIN4O2. The molecule has 2 rings (SSSR count). The zero-order valence-electron chi connectivity index (χ0n) is 14.5. The first-order valence-electron chi connectivity index (χ1n) is 8.01. The molecule has 1 saturated heterocycles. The van der Waals surface area contributed by atoms with E-state index in [0.29, 0.717) is 38.9 Å². The minimum Gasteiger partial charge on any atom is -0.354 e. The number of imide groups is 1. The van der Waals surface area contributed by atoms with Crippen LogP contribution < -0.4 is 5.32 Å². The van der Waals surface area contributed by atoms with Gasteiger partial charge in [0.1, 0.15) is 0 Å². The van der Waals surface area contributed by atoms with Gasteiger partial charge in [0.2, 0.25) is 11.8 Å². The molecule has 1 aromatic carbocycles. The van der Waals surface area contributed by atoms with Crippen LogP contribution in [0, 0.1) is 0 Å². The van der Waals surface area contributed by atoms with Crippen LogP contribution in [0.2, 0.25) is 0 Å². The Morgan fingerprint density at radius 2 is 1.92 bits per heavy atom. The molecular weight excluding hydrogens is 499 g/mol. The second-order valence-electron chi connectivity index (χ2n) is 5.71. The smallest absolute Gasteiger partial charge is 0.229 e. The van der Waals surface area contributed by atoms with Crippen LogP contribution in [0.3, 0.4) is 0 Å². The number of carbonyl (C=O) groups is 2. The fourth-order valence-electron chi connectivity index (χ4n) is 2.67. The third-order valence-corrected chi connectivity index (χ3v) is 4.71. The number of nitrogens with one attached hydrogen (secondary N) is 1. The Morgan fingerprint density at radius 1 is 1.28 bits per heavy atom. The summed E-state index contributed by atoms with van der Waals surface area (Å²) in [6.45, 7) is 1.56. The maximum atomic E-state index is 11.8. The normalized spacial score (nSPS) is 15.0. The molecule has 0 spiro atoms. The molecule has 0 aliphatic carbocycles. The zero-order chi connectivity index (χ0) is 17.5. The lowest BCUT2D eigenvalue weighted by molar-refractivity contribution is -0.147. The summed E-state index contributed by atoms with van der Waals surface area (Å²) in [4.78, 5) is 31.2. The number of benzene rings is 1. The van der Waals surface area contributed by atoms with Gasteiger partial charge in [-0.1, -0.05) is 34.1 Å². The van der Waals surface area contributed by atoms with Crippen LogP contribution in [0.5, 0.6) is 0 Å². The fraction of sp³-hybridized carbons (Fsp3) is 0.471. The van der Waals surface area contributed by atoms with Crippen LogP contribution in [-0.4, -0.2) is 54.8 Å². The maximum Gasteiger partial charge on any atom is 0.229 e. The Hall–Kier alpha value is -1.16. The molecule has 6 nitrogen and oxygen atoms in total. The lowest BCUT2D eigenvalue weighted by Gasteiger charge is -2.27. The highest BCUT2D eigenvalue weighted by Gasteiger charge is 2.25. The number of rotatable bonds is 5. The van der Waals surface area contributed by atoms with Gasteiger partial charge in [0.25, 0.3) is 0 Å². The van der Waals surface area contributed by atoms with Crippen molar-refractivity contribution in [2.24, 2.45) is 4.99 Å². The summed E-state index contributed by atoms with van der Waals surface area (Å²) in [6.07, 6.45) is 1.59. The Bertz CT molecular complexity index is 623. The van der Waals surface area contributed by atoms with E-state index in [1.165, 1.54) is 4.90 Å². The summed E-state index contributed by atoms with van der Waals surface area (Å²) in [7, 11) is 3.67. The molecule has 0 atom stereocenters. The quantitative estimate of drug-likeness (QED) is 0.279. The number of halogens is 2. The Balaban J connectivity index is 0.00000312. The van der Waals surface area contributed by atoms with Crippen molar-refractivity contribution < 1.29 is 9.59 Å². The third kappa shape index (κ3) is 6.25. The molecule has 1 heterocycles. The van der Waals surface area contributed by atoms with Gasteiger partial charge in [-0.15, -0.1) is 24.0 Å². The van der Waals surface area contributed by atoms with E-state index in [1.54, 1.807) is 7.05 Å². The average Bonchev–Trinajstić information content (AvgIpc) is 2.56. The van der Waals surface area contributed by atoms with Crippen molar-refractivity contribution in [2.45, 2.75) is 25.8 Å².